The van der Waals surface area contributed by atoms with Crippen LogP contribution in [-0.2, 0) is 19.3 Å². The van der Waals surface area contributed by atoms with Crippen LogP contribution in [0.5, 0.6) is 0 Å². The van der Waals surface area contributed by atoms with Gasteiger partial charge in [0.2, 0.25) is 0 Å². The molecule has 1 aromatic carbocycles. The molecule has 2 N–H and O–H groups in total. The highest BCUT2D eigenvalue weighted by molar-refractivity contribution is 5.99. The van der Waals surface area contributed by atoms with E-state index < -0.39 is 17.6 Å². The molecule has 0 atom stereocenters. The number of nitrogens with zero attached hydrogens (tertiary/aromatic N) is 3. The zero-order valence-electron chi connectivity index (χ0n) is 19.0. The highest BCUT2D eigenvalue weighted by Gasteiger charge is 2.35. The number of alkyl halides is 3. The molecule has 0 spiro atoms. The summed E-state index contributed by atoms with van der Waals surface area (Å²) < 4.78 is 39.4. The van der Waals surface area contributed by atoms with E-state index in [1.165, 1.54) is 6.07 Å². The predicted octanol–water partition coefficient (Wildman–Crippen LogP) is 5.82. The van der Waals surface area contributed by atoms with Crippen LogP contribution in [0.15, 0.2) is 24.4 Å². The SMILES string of the molecule is CCCC(CCC)Nc1c(CN2Cc3ccc(C(F)(F)F)cc3C2=O)c(C)nc2[nH]ncc12. The molecule has 0 bridgehead atoms. The summed E-state index contributed by atoms with van der Waals surface area (Å²) in [4.78, 5) is 19.2. The molecule has 0 saturated carbocycles. The Morgan fingerprint density at radius 2 is 1.94 bits per heavy atom. The van der Waals surface area contributed by atoms with Crippen LogP contribution in [0.2, 0.25) is 0 Å². The van der Waals surface area contributed by atoms with Crippen LogP contribution in [0.3, 0.4) is 0 Å². The van der Waals surface area contributed by atoms with Gasteiger partial charge in [-0.15, -0.1) is 0 Å². The van der Waals surface area contributed by atoms with Gasteiger partial charge < -0.3 is 10.2 Å². The van der Waals surface area contributed by atoms with Gasteiger partial charge in [-0.05, 0) is 37.5 Å². The number of halogens is 3. The third kappa shape index (κ3) is 4.54. The predicted molar refractivity (Wildman–Crippen MR) is 121 cm³/mol. The first-order valence-corrected chi connectivity index (χ1v) is 11.3. The molecular formula is C24H28F3N5O. The Bertz CT molecular complexity index is 1160. The van der Waals surface area contributed by atoms with Gasteiger partial charge in [0.15, 0.2) is 5.65 Å². The summed E-state index contributed by atoms with van der Waals surface area (Å²) in [7, 11) is 0. The second-order valence-electron chi connectivity index (χ2n) is 8.63. The molecule has 9 heteroatoms. The maximum absolute atomic E-state index is 13.1. The quantitative estimate of drug-likeness (QED) is 0.445. The minimum absolute atomic E-state index is 0.115. The highest BCUT2D eigenvalue weighted by atomic mass is 19.4. The molecule has 0 aliphatic carbocycles. The van der Waals surface area contributed by atoms with Crippen molar-refractivity contribution < 1.29 is 18.0 Å². The molecule has 33 heavy (non-hydrogen) atoms. The van der Waals surface area contributed by atoms with Gasteiger partial charge in [-0.2, -0.15) is 18.3 Å². The molecule has 1 aliphatic rings. The highest BCUT2D eigenvalue weighted by Crippen LogP contribution is 2.35. The summed E-state index contributed by atoms with van der Waals surface area (Å²) in [6, 6.07) is 3.66. The average Bonchev–Trinajstić information content (AvgIpc) is 3.34. The van der Waals surface area contributed by atoms with Crippen molar-refractivity contribution in [2.45, 2.75) is 71.8 Å². The summed E-state index contributed by atoms with van der Waals surface area (Å²) in [6.07, 6.45) is 1.31. The zero-order chi connectivity index (χ0) is 23.8. The minimum Gasteiger partial charge on any atom is -0.381 e. The molecule has 0 radical (unpaired) electrons. The van der Waals surface area contributed by atoms with Crippen molar-refractivity contribution in [1.29, 1.82) is 0 Å². The monoisotopic (exact) mass is 459 g/mol. The number of hydrogen-bond acceptors (Lipinski definition) is 4. The number of fused-ring (bicyclic) bond motifs is 2. The van der Waals surface area contributed by atoms with E-state index in [1.807, 2.05) is 6.92 Å². The Kier molecular flexibility index (Phi) is 6.32. The van der Waals surface area contributed by atoms with Crippen molar-refractivity contribution in [3.05, 3.63) is 52.3 Å². The van der Waals surface area contributed by atoms with Gasteiger partial charge in [0.05, 0.1) is 29.4 Å². The Morgan fingerprint density at radius 3 is 2.61 bits per heavy atom. The Balaban J connectivity index is 1.68. The standard InChI is InChI=1S/C24H28F3N5O/c1-4-6-17(7-5-2)30-21-19-11-28-31-22(19)29-14(3)20(21)13-32-12-15-8-9-16(24(25,26)27)10-18(15)23(32)33/h8-11,17H,4-7,12-13H2,1-3H3,(H2,28,29,30,31). The molecular weight excluding hydrogens is 431 g/mol. The Morgan fingerprint density at radius 1 is 1.21 bits per heavy atom. The van der Waals surface area contributed by atoms with Crippen LogP contribution in [0.4, 0.5) is 18.9 Å². The van der Waals surface area contributed by atoms with Gasteiger partial charge in [0, 0.05) is 29.4 Å². The first-order valence-electron chi connectivity index (χ1n) is 11.3. The fourth-order valence-electron chi connectivity index (χ4n) is 4.53. The van der Waals surface area contributed by atoms with Crippen molar-refractivity contribution in [2.75, 3.05) is 5.32 Å². The number of carbonyl (C=O) groups is 1. The van der Waals surface area contributed by atoms with Crippen LogP contribution in [0.1, 0.15) is 72.3 Å². The van der Waals surface area contributed by atoms with Crippen LogP contribution in [0, 0.1) is 6.92 Å². The number of rotatable bonds is 8. The number of nitrogens with one attached hydrogen (secondary N) is 2. The largest absolute Gasteiger partial charge is 0.416 e. The summed E-state index contributed by atoms with van der Waals surface area (Å²) in [5.41, 5.74) is 3.07. The van der Waals surface area contributed by atoms with Gasteiger partial charge in [0.1, 0.15) is 0 Å². The molecule has 2 aromatic heterocycles. The number of amides is 1. The fourth-order valence-corrected chi connectivity index (χ4v) is 4.53. The molecule has 3 aromatic rings. The van der Waals surface area contributed by atoms with E-state index in [0.717, 1.165) is 60.1 Å². The summed E-state index contributed by atoms with van der Waals surface area (Å²) in [6.45, 7) is 6.69. The maximum atomic E-state index is 13.1. The summed E-state index contributed by atoms with van der Waals surface area (Å²) in [5.74, 6) is -0.396. The normalized spacial score (nSPS) is 13.9. The Labute approximate surface area is 190 Å². The number of benzene rings is 1. The van der Waals surface area contributed by atoms with Gasteiger partial charge >= 0.3 is 6.18 Å². The van der Waals surface area contributed by atoms with Crippen LogP contribution < -0.4 is 5.32 Å². The van der Waals surface area contributed by atoms with E-state index in [9.17, 15) is 18.0 Å². The number of hydrogen-bond donors (Lipinski definition) is 2. The molecule has 0 saturated heterocycles. The number of aromatic amines is 1. The topological polar surface area (TPSA) is 73.9 Å². The van der Waals surface area contributed by atoms with Crippen LogP contribution >= 0.6 is 0 Å². The van der Waals surface area contributed by atoms with Crippen molar-refractivity contribution in [1.82, 2.24) is 20.1 Å². The number of carbonyl (C=O) groups excluding carboxylic acids is 1. The second kappa shape index (κ2) is 9.03. The summed E-state index contributed by atoms with van der Waals surface area (Å²) >= 11 is 0. The van der Waals surface area contributed by atoms with Gasteiger partial charge in [0.25, 0.3) is 5.91 Å². The Hall–Kier alpha value is -3.10. The van der Waals surface area contributed by atoms with Gasteiger partial charge in [-0.25, -0.2) is 4.98 Å². The molecule has 1 amide bonds. The zero-order valence-corrected chi connectivity index (χ0v) is 19.0. The number of pyridine rings is 1. The third-order valence-corrected chi connectivity index (χ3v) is 6.19. The van der Waals surface area contributed by atoms with Crippen molar-refractivity contribution >= 4 is 22.6 Å². The molecule has 3 heterocycles. The molecule has 0 fully saturated rings. The maximum Gasteiger partial charge on any atom is 0.416 e. The van der Waals surface area contributed by atoms with Gasteiger partial charge in [-0.3, -0.25) is 9.89 Å². The smallest absolute Gasteiger partial charge is 0.381 e. The first-order chi connectivity index (χ1) is 15.7. The summed E-state index contributed by atoms with van der Waals surface area (Å²) in [5, 5.41) is 11.6. The number of H-pyrrole nitrogens is 1. The lowest BCUT2D eigenvalue weighted by Gasteiger charge is -2.25. The van der Waals surface area contributed by atoms with Gasteiger partial charge in [-0.1, -0.05) is 32.8 Å². The molecule has 4 rings (SSSR count). The van der Waals surface area contributed by atoms with Crippen LogP contribution in [-0.4, -0.2) is 32.0 Å². The lowest BCUT2D eigenvalue weighted by atomic mass is 10.0. The molecule has 0 unspecified atom stereocenters. The molecule has 1 aliphatic heterocycles. The van der Waals surface area contributed by atoms with Crippen molar-refractivity contribution in [3.8, 4) is 0 Å². The fraction of sp³-hybridized carbons (Fsp3) is 0.458. The van der Waals surface area contributed by atoms with E-state index in [0.29, 0.717) is 11.2 Å². The van der Waals surface area contributed by atoms with E-state index in [4.69, 9.17) is 0 Å². The average molecular weight is 460 g/mol. The lowest BCUT2D eigenvalue weighted by Crippen LogP contribution is -2.26. The number of aromatic nitrogens is 3. The molecule has 6 nitrogen and oxygen atoms in total. The van der Waals surface area contributed by atoms with Crippen LogP contribution in [0.25, 0.3) is 11.0 Å². The van der Waals surface area contributed by atoms with E-state index in [1.54, 1.807) is 11.1 Å². The van der Waals surface area contributed by atoms with E-state index in [-0.39, 0.29) is 24.7 Å². The number of aryl methyl sites for hydroxylation is 1. The van der Waals surface area contributed by atoms with Crippen molar-refractivity contribution in [3.63, 3.8) is 0 Å². The molecule has 176 valence electrons. The first kappa shape index (κ1) is 23.1. The van der Waals surface area contributed by atoms with E-state index in [2.05, 4.69) is 34.3 Å². The van der Waals surface area contributed by atoms with E-state index >= 15 is 0 Å². The van der Waals surface area contributed by atoms with Crippen molar-refractivity contribution in [2.24, 2.45) is 0 Å². The third-order valence-electron chi connectivity index (χ3n) is 6.19. The lowest BCUT2D eigenvalue weighted by molar-refractivity contribution is -0.137. The number of anilines is 1. The minimum atomic E-state index is -4.49. The second-order valence-corrected chi connectivity index (χ2v) is 8.63.